The Hall–Kier alpha value is -2.77. The fourth-order valence-corrected chi connectivity index (χ4v) is 3.05. The summed E-state index contributed by atoms with van der Waals surface area (Å²) < 4.78 is 12.5. The number of methoxy groups -OCH3 is 2. The Kier molecular flexibility index (Phi) is 5.53. The summed E-state index contributed by atoms with van der Waals surface area (Å²) in [6.45, 7) is 0.564. The van der Waals surface area contributed by atoms with E-state index in [0.717, 1.165) is 5.69 Å². The van der Waals surface area contributed by atoms with Gasteiger partial charge in [-0.25, -0.2) is 4.98 Å². The van der Waals surface area contributed by atoms with Gasteiger partial charge < -0.3 is 24.1 Å². The van der Waals surface area contributed by atoms with E-state index in [0.29, 0.717) is 40.1 Å². The summed E-state index contributed by atoms with van der Waals surface area (Å²) in [7, 11) is 6.90. The van der Waals surface area contributed by atoms with E-state index in [9.17, 15) is 4.79 Å². The van der Waals surface area contributed by atoms with E-state index in [1.807, 2.05) is 47.8 Å². The maximum Gasteiger partial charge on any atom is 0.276 e. The van der Waals surface area contributed by atoms with Gasteiger partial charge in [0.15, 0.2) is 5.69 Å². The Bertz CT molecular complexity index is 984. The van der Waals surface area contributed by atoms with Crippen LogP contribution in [-0.2, 0) is 6.54 Å². The summed E-state index contributed by atoms with van der Waals surface area (Å²) >= 11 is 6.13. The van der Waals surface area contributed by atoms with Gasteiger partial charge in [0.05, 0.1) is 30.6 Å². The van der Waals surface area contributed by atoms with Crippen molar-refractivity contribution in [1.82, 2.24) is 14.3 Å². The van der Waals surface area contributed by atoms with Gasteiger partial charge >= 0.3 is 0 Å². The fourth-order valence-electron chi connectivity index (χ4n) is 2.82. The third-order valence-corrected chi connectivity index (χ3v) is 4.33. The molecule has 0 spiro atoms. The Balaban J connectivity index is 2.02. The second-order valence-electron chi connectivity index (χ2n) is 6.21. The summed E-state index contributed by atoms with van der Waals surface area (Å²) in [5, 5.41) is 3.25. The molecule has 1 N–H and O–H groups in total. The molecule has 0 aliphatic rings. The van der Waals surface area contributed by atoms with Gasteiger partial charge in [-0.2, -0.15) is 0 Å². The van der Waals surface area contributed by atoms with E-state index < -0.39 is 0 Å². The van der Waals surface area contributed by atoms with E-state index in [1.54, 1.807) is 12.1 Å². The zero-order chi connectivity index (χ0) is 19.6. The highest BCUT2D eigenvalue weighted by molar-refractivity contribution is 6.32. The van der Waals surface area contributed by atoms with Crippen LogP contribution in [-0.4, -0.2) is 48.5 Å². The van der Waals surface area contributed by atoms with Crippen LogP contribution in [0.2, 0.25) is 5.02 Å². The van der Waals surface area contributed by atoms with Crippen molar-refractivity contribution in [1.29, 1.82) is 0 Å². The molecule has 8 heteroatoms. The van der Waals surface area contributed by atoms with E-state index in [4.69, 9.17) is 21.1 Å². The van der Waals surface area contributed by atoms with Gasteiger partial charge in [-0.3, -0.25) is 4.79 Å². The fraction of sp³-hybridized carbons (Fsp3) is 0.263. The van der Waals surface area contributed by atoms with Crippen LogP contribution in [0.1, 0.15) is 16.2 Å². The van der Waals surface area contributed by atoms with Crippen molar-refractivity contribution in [2.45, 2.75) is 6.54 Å². The van der Waals surface area contributed by atoms with Gasteiger partial charge in [0.1, 0.15) is 17.1 Å². The molecule has 2 heterocycles. The lowest BCUT2D eigenvalue weighted by Crippen LogP contribution is -2.19. The summed E-state index contributed by atoms with van der Waals surface area (Å²) in [6, 6.07) is 8.88. The minimum atomic E-state index is -0.335. The zero-order valence-electron chi connectivity index (χ0n) is 15.6. The number of hydrogen-bond acceptors (Lipinski definition) is 5. The lowest BCUT2D eigenvalue weighted by atomic mass is 10.2. The number of carbonyl (C=O) groups is 1. The van der Waals surface area contributed by atoms with Gasteiger partial charge in [-0.1, -0.05) is 17.7 Å². The molecule has 1 amide bonds. The molecule has 3 rings (SSSR count). The first kappa shape index (κ1) is 19.0. The number of halogens is 1. The van der Waals surface area contributed by atoms with Crippen LogP contribution in [0.4, 0.5) is 5.69 Å². The van der Waals surface area contributed by atoms with Crippen LogP contribution in [0.5, 0.6) is 11.5 Å². The van der Waals surface area contributed by atoms with Crippen molar-refractivity contribution in [2.75, 3.05) is 33.6 Å². The summed E-state index contributed by atoms with van der Waals surface area (Å²) in [4.78, 5) is 19.5. The number of pyridine rings is 1. The lowest BCUT2D eigenvalue weighted by molar-refractivity contribution is 0.102. The van der Waals surface area contributed by atoms with Gasteiger partial charge in [0, 0.05) is 24.9 Å². The Morgan fingerprint density at radius 3 is 2.63 bits per heavy atom. The number of carbonyl (C=O) groups excluding carboxylic acids is 1. The molecule has 0 radical (unpaired) electrons. The van der Waals surface area contributed by atoms with E-state index in [1.165, 1.54) is 14.2 Å². The minimum Gasteiger partial charge on any atom is -0.495 e. The number of amides is 1. The first-order valence-corrected chi connectivity index (χ1v) is 8.66. The molecule has 0 aliphatic carbocycles. The maximum atomic E-state index is 13.0. The minimum absolute atomic E-state index is 0.335. The molecule has 0 atom stereocenters. The quantitative estimate of drug-likeness (QED) is 0.701. The molecule has 27 heavy (non-hydrogen) atoms. The molecule has 0 bridgehead atoms. The SMILES string of the molecule is COc1cc(NC(=O)c2nc3ccccn3c2CN(C)C)c(OC)cc1Cl. The number of nitrogens with zero attached hydrogens (tertiary/aromatic N) is 3. The second kappa shape index (κ2) is 7.85. The van der Waals surface area contributed by atoms with E-state index >= 15 is 0 Å². The highest BCUT2D eigenvalue weighted by atomic mass is 35.5. The molecule has 3 aromatic rings. The second-order valence-corrected chi connectivity index (χ2v) is 6.62. The van der Waals surface area contributed by atoms with Crippen molar-refractivity contribution < 1.29 is 14.3 Å². The Morgan fingerprint density at radius 1 is 1.22 bits per heavy atom. The number of aromatic nitrogens is 2. The molecule has 142 valence electrons. The number of nitrogens with one attached hydrogen (secondary N) is 1. The third kappa shape index (κ3) is 3.84. The summed E-state index contributed by atoms with van der Waals surface area (Å²) in [5.74, 6) is 0.543. The van der Waals surface area contributed by atoms with Gasteiger partial charge in [-0.05, 0) is 26.2 Å². The molecular formula is C19H21ClN4O3. The topological polar surface area (TPSA) is 68.1 Å². The predicted molar refractivity (Wildman–Crippen MR) is 105 cm³/mol. The summed E-state index contributed by atoms with van der Waals surface area (Å²) in [6.07, 6.45) is 1.89. The molecule has 0 aliphatic heterocycles. The largest absolute Gasteiger partial charge is 0.495 e. The molecule has 0 saturated heterocycles. The van der Waals surface area contributed by atoms with Crippen LogP contribution < -0.4 is 14.8 Å². The summed E-state index contributed by atoms with van der Waals surface area (Å²) in [5.41, 5.74) is 2.32. The monoisotopic (exact) mass is 388 g/mol. The normalized spacial score (nSPS) is 11.0. The molecule has 0 fully saturated rings. The van der Waals surface area contributed by atoms with Crippen molar-refractivity contribution in [2.24, 2.45) is 0 Å². The average molecular weight is 389 g/mol. The van der Waals surface area contributed by atoms with Crippen molar-refractivity contribution in [3.63, 3.8) is 0 Å². The molecule has 1 aromatic carbocycles. The van der Waals surface area contributed by atoms with Gasteiger partial charge in [0.2, 0.25) is 0 Å². The van der Waals surface area contributed by atoms with Crippen LogP contribution >= 0.6 is 11.6 Å². The predicted octanol–water partition coefficient (Wildman–Crippen LogP) is 3.32. The number of rotatable bonds is 6. The standard InChI is InChI=1S/C19H21ClN4O3/c1-23(2)11-14-18(22-17-7-5-6-8-24(14)17)19(25)21-13-10-15(26-3)12(20)9-16(13)27-4/h5-10H,11H2,1-4H3,(H,21,25). The number of anilines is 1. The van der Waals surface area contributed by atoms with Crippen LogP contribution in [0.25, 0.3) is 5.65 Å². The maximum absolute atomic E-state index is 13.0. The first-order chi connectivity index (χ1) is 12.9. The molecule has 7 nitrogen and oxygen atoms in total. The molecular weight excluding hydrogens is 368 g/mol. The number of hydrogen-bond donors (Lipinski definition) is 1. The first-order valence-electron chi connectivity index (χ1n) is 8.28. The van der Waals surface area contributed by atoms with Crippen molar-refractivity contribution in [3.8, 4) is 11.5 Å². The highest BCUT2D eigenvalue weighted by Crippen LogP contribution is 2.36. The zero-order valence-corrected chi connectivity index (χ0v) is 16.4. The third-order valence-electron chi connectivity index (χ3n) is 4.03. The molecule has 0 unspecified atom stereocenters. The smallest absolute Gasteiger partial charge is 0.276 e. The van der Waals surface area contributed by atoms with Gasteiger partial charge in [0.25, 0.3) is 5.91 Å². The number of ether oxygens (including phenoxy) is 2. The highest BCUT2D eigenvalue weighted by Gasteiger charge is 2.21. The van der Waals surface area contributed by atoms with E-state index in [2.05, 4.69) is 10.3 Å². The molecule has 2 aromatic heterocycles. The van der Waals surface area contributed by atoms with Crippen LogP contribution in [0.15, 0.2) is 36.5 Å². The van der Waals surface area contributed by atoms with Crippen LogP contribution in [0, 0.1) is 0 Å². The van der Waals surface area contributed by atoms with Crippen LogP contribution in [0.3, 0.4) is 0 Å². The van der Waals surface area contributed by atoms with Crippen molar-refractivity contribution in [3.05, 3.63) is 52.9 Å². The molecule has 0 saturated carbocycles. The number of fused-ring (bicyclic) bond motifs is 1. The average Bonchev–Trinajstić information content (AvgIpc) is 3.01. The lowest BCUT2D eigenvalue weighted by Gasteiger charge is -2.14. The van der Waals surface area contributed by atoms with E-state index in [-0.39, 0.29) is 5.91 Å². The van der Waals surface area contributed by atoms with Gasteiger partial charge in [-0.15, -0.1) is 0 Å². The Morgan fingerprint density at radius 2 is 1.96 bits per heavy atom. The van der Waals surface area contributed by atoms with Crippen molar-refractivity contribution >= 4 is 28.8 Å². The number of benzene rings is 1. The Labute approximate surface area is 162 Å². The number of imidazole rings is 1.